The summed E-state index contributed by atoms with van der Waals surface area (Å²) in [5.41, 5.74) is 1.24. The first kappa shape index (κ1) is 45.8. The monoisotopic (exact) mass is 645 g/mol. The fourth-order valence-corrected chi connectivity index (χ4v) is 4.47. The predicted molar refractivity (Wildman–Crippen MR) is 172 cm³/mol. The summed E-state index contributed by atoms with van der Waals surface area (Å²) >= 11 is 0. The van der Waals surface area contributed by atoms with Gasteiger partial charge in [0.1, 0.15) is 0 Å². The van der Waals surface area contributed by atoms with Crippen LogP contribution >= 0.6 is 0 Å². The Morgan fingerprint density at radius 1 is 0.733 bits per heavy atom. The van der Waals surface area contributed by atoms with Crippen LogP contribution in [0.4, 0.5) is 0 Å². The molecular weight excluding hydrogens is 590 g/mol. The fourth-order valence-electron chi connectivity index (χ4n) is 4.47. The third-order valence-corrected chi connectivity index (χ3v) is 6.83. The molecule has 1 heterocycles. The smallest absolute Gasteiger partial charge is 0.317 e. The van der Waals surface area contributed by atoms with Gasteiger partial charge in [0.25, 0.3) is 19.4 Å². The number of carboxylic acids is 2. The van der Waals surface area contributed by atoms with Crippen LogP contribution in [0.1, 0.15) is 25.8 Å². The van der Waals surface area contributed by atoms with E-state index in [0.29, 0.717) is 6.54 Å². The van der Waals surface area contributed by atoms with E-state index >= 15 is 0 Å². The molecule has 15 nitrogen and oxygen atoms in total. The molecule has 1 atom stereocenters. The van der Waals surface area contributed by atoms with E-state index in [9.17, 15) is 19.8 Å². The second-order valence-corrected chi connectivity index (χ2v) is 10.3. The molecular formula is C30H55N5O10. The normalized spacial score (nSPS) is 15.7. The third-order valence-electron chi connectivity index (χ3n) is 6.83. The quantitative estimate of drug-likeness (QED) is 0.210. The summed E-state index contributed by atoms with van der Waals surface area (Å²) in [6.45, 7) is 7.03. The molecule has 1 fully saturated rings. The van der Waals surface area contributed by atoms with Crippen LogP contribution in [0.2, 0.25) is 0 Å². The number of hydrogen-bond donors (Lipinski definition) is 5. The first-order valence-corrected chi connectivity index (χ1v) is 14.2. The Morgan fingerprint density at radius 2 is 1.09 bits per heavy atom. The number of rotatable bonds is 11. The zero-order valence-electron chi connectivity index (χ0n) is 26.1. The van der Waals surface area contributed by atoms with Crippen LogP contribution < -0.4 is 0 Å². The Hall–Kier alpha value is -3.63. The van der Waals surface area contributed by atoms with Crippen molar-refractivity contribution >= 4 is 31.4 Å². The Balaban J connectivity index is -0.00000157. The highest BCUT2D eigenvalue weighted by molar-refractivity contribution is 5.72. The highest BCUT2D eigenvalue weighted by Gasteiger charge is 2.25. The lowest BCUT2D eigenvalue weighted by Crippen LogP contribution is -2.51. The average Bonchev–Trinajstić information content (AvgIpc) is 2.96. The van der Waals surface area contributed by atoms with E-state index in [-0.39, 0.29) is 46.0 Å². The molecule has 0 aromatic heterocycles. The predicted octanol–water partition coefficient (Wildman–Crippen LogP) is 0.699. The van der Waals surface area contributed by atoms with Crippen molar-refractivity contribution in [3.63, 3.8) is 0 Å². The number of likely N-dealkylation sites (N-methyl/N-ethyl adjacent to an activating group) is 3. The third kappa shape index (κ3) is 27.6. The lowest BCUT2D eigenvalue weighted by atomic mass is 10.0. The van der Waals surface area contributed by atoms with Crippen molar-refractivity contribution in [3.05, 3.63) is 35.9 Å². The van der Waals surface area contributed by atoms with Crippen molar-refractivity contribution in [2.45, 2.75) is 32.7 Å². The number of carboxylic acid groups (broad SMARTS) is 5. The summed E-state index contributed by atoms with van der Waals surface area (Å²) in [6.07, 6.45) is 2.52. The number of carbonyl (C=O) groups is 5. The molecule has 1 aliphatic rings. The van der Waals surface area contributed by atoms with Crippen LogP contribution in [0.3, 0.4) is 0 Å². The minimum Gasteiger partial charge on any atom is -0.483 e. The molecule has 15 heteroatoms. The lowest BCUT2D eigenvalue weighted by Gasteiger charge is -2.36. The Morgan fingerprint density at radius 3 is 1.44 bits per heavy atom. The first-order valence-electron chi connectivity index (χ1n) is 14.2. The second-order valence-electron chi connectivity index (χ2n) is 10.3. The molecule has 0 amide bonds. The van der Waals surface area contributed by atoms with Crippen LogP contribution in [-0.4, -0.2) is 181 Å². The Kier molecular flexibility index (Phi) is 30.9. The van der Waals surface area contributed by atoms with Gasteiger partial charge in [-0.25, -0.2) is 0 Å². The molecule has 45 heavy (non-hydrogen) atoms. The van der Waals surface area contributed by atoms with Crippen molar-refractivity contribution in [1.82, 2.24) is 24.5 Å². The van der Waals surface area contributed by atoms with Gasteiger partial charge in [-0.3, -0.25) is 33.8 Å². The largest absolute Gasteiger partial charge is 0.483 e. The maximum Gasteiger partial charge on any atom is 0.317 e. The van der Waals surface area contributed by atoms with Gasteiger partial charge < -0.3 is 40.2 Å². The van der Waals surface area contributed by atoms with E-state index in [1.807, 2.05) is 18.2 Å². The molecule has 0 radical (unpaired) electrons. The minimum absolute atomic E-state index is 0. The molecule has 0 saturated carbocycles. The zero-order chi connectivity index (χ0) is 33.8. The Labute approximate surface area is 267 Å². The number of benzene rings is 1. The summed E-state index contributed by atoms with van der Waals surface area (Å²) in [4.78, 5) is 59.3. The molecule has 0 spiro atoms. The van der Waals surface area contributed by atoms with Gasteiger partial charge in [-0.15, -0.1) is 0 Å². The molecule has 5 N–H and O–H groups in total. The molecule has 1 saturated heterocycles. The van der Waals surface area contributed by atoms with Crippen molar-refractivity contribution in [2.75, 3.05) is 93.1 Å². The fraction of sp³-hybridized carbons (Fsp3) is 0.633. The van der Waals surface area contributed by atoms with Crippen LogP contribution in [0, 0.1) is 0 Å². The van der Waals surface area contributed by atoms with Gasteiger partial charge in [-0.05, 0) is 46.0 Å². The summed E-state index contributed by atoms with van der Waals surface area (Å²) in [6, 6.07) is 10.1. The number of nitrogens with zero attached hydrogens (tertiary/aromatic N) is 5. The van der Waals surface area contributed by atoms with Gasteiger partial charge in [-0.1, -0.05) is 37.8 Å². The second kappa shape index (κ2) is 30.4. The van der Waals surface area contributed by atoms with Gasteiger partial charge >= 0.3 is 11.9 Å². The molecule has 0 aliphatic carbocycles. The van der Waals surface area contributed by atoms with E-state index in [2.05, 4.69) is 52.9 Å². The van der Waals surface area contributed by atoms with E-state index in [4.69, 9.17) is 29.7 Å². The first-order chi connectivity index (χ1) is 21.0. The highest BCUT2D eigenvalue weighted by atomic mass is 16.4. The van der Waals surface area contributed by atoms with Gasteiger partial charge in [0, 0.05) is 64.9 Å². The lowest BCUT2D eigenvalue weighted by molar-refractivity contribution is -0.143. The standard InChI is InChI=1S/C26H45N5O4.3CH2O2.CH4/c1-27-12-14-28(2)16-18-30(19-17-29(3)15-13-27)20-24(31(21-25(32)33)22-26(34)35)11-7-10-23-8-5-4-6-9-23;3*2-1-3;/h4-6,8-9,24H,7,10-22H2,1-3H3,(H,32,33)(H,34,35);3*1H,(H,2,3);1H4. The SMILES string of the molecule is C.CN1CCN(C)CCN(CC(CCCc2ccccc2)N(CC(=O)O)CC(=O)O)CCN(C)CC1.O=CO.O=CO.O=CO. The van der Waals surface area contributed by atoms with Crippen molar-refractivity contribution in [3.8, 4) is 0 Å². The van der Waals surface area contributed by atoms with Crippen LogP contribution in [0.5, 0.6) is 0 Å². The molecule has 1 aromatic rings. The van der Waals surface area contributed by atoms with E-state index in [0.717, 1.165) is 71.6 Å². The minimum atomic E-state index is -0.989. The molecule has 0 bridgehead atoms. The average molecular weight is 646 g/mol. The number of aliphatic carboxylic acids is 2. The Bertz CT molecular complexity index is 849. The number of aryl methyl sites for hydroxylation is 1. The number of hydrogen-bond acceptors (Lipinski definition) is 10. The molecule has 1 unspecified atom stereocenters. The molecule has 1 aromatic carbocycles. The van der Waals surface area contributed by atoms with E-state index in [1.54, 1.807) is 4.90 Å². The van der Waals surface area contributed by atoms with Crippen molar-refractivity contribution < 1.29 is 49.5 Å². The van der Waals surface area contributed by atoms with Gasteiger partial charge in [-0.2, -0.15) is 0 Å². The summed E-state index contributed by atoms with van der Waals surface area (Å²) in [5, 5.41) is 39.6. The van der Waals surface area contributed by atoms with E-state index < -0.39 is 11.9 Å². The molecule has 1 aliphatic heterocycles. The summed E-state index contributed by atoms with van der Waals surface area (Å²) in [5.74, 6) is -1.98. The van der Waals surface area contributed by atoms with E-state index in [1.165, 1.54) is 5.56 Å². The topological polar surface area (TPSA) is 203 Å². The maximum absolute atomic E-state index is 11.6. The molecule has 260 valence electrons. The van der Waals surface area contributed by atoms with Crippen molar-refractivity contribution in [2.24, 2.45) is 0 Å². The zero-order valence-corrected chi connectivity index (χ0v) is 26.1. The van der Waals surface area contributed by atoms with Crippen molar-refractivity contribution in [1.29, 1.82) is 0 Å². The van der Waals surface area contributed by atoms with Crippen LogP contribution in [-0.2, 0) is 30.4 Å². The van der Waals surface area contributed by atoms with Gasteiger partial charge in [0.05, 0.1) is 13.1 Å². The highest BCUT2D eigenvalue weighted by Crippen LogP contribution is 2.14. The summed E-state index contributed by atoms with van der Waals surface area (Å²) in [7, 11) is 6.45. The van der Waals surface area contributed by atoms with Crippen LogP contribution in [0.25, 0.3) is 0 Å². The van der Waals surface area contributed by atoms with Gasteiger partial charge in [0.2, 0.25) is 0 Å². The maximum atomic E-state index is 11.6. The van der Waals surface area contributed by atoms with Crippen LogP contribution in [0.15, 0.2) is 30.3 Å². The summed E-state index contributed by atoms with van der Waals surface area (Å²) < 4.78 is 0. The van der Waals surface area contributed by atoms with Gasteiger partial charge in [0.15, 0.2) is 0 Å². The molecule has 2 rings (SSSR count).